The van der Waals surface area contributed by atoms with E-state index >= 15 is 0 Å². The van der Waals surface area contributed by atoms with Crippen LogP contribution in [-0.2, 0) is 4.79 Å². The number of carbonyl (C=O) groups excluding carboxylic acids is 1. The highest BCUT2D eigenvalue weighted by Gasteiger charge is 2.23. The Morgan fingerprint density at radius 2 is 1.84 bits per heavy atom. The van der Waals surface area contributed by atoms with Gasteiger partial charge in [0.05, 0.1) is 29.0 Å². The SMILES string of the molecule is CCOc1ccccc1-n1c(SCC(=O)N(C)C2CCCCC2)nc2ccccc2c1=O. The summed E-state index contributed by atoms with van der Waals surface area (Å²) < 4.78 is 7.36. The molecule has 0 atom stereocenters. The first kappa shape index (κ1) is 22.4. The highest BCUT2D eigenvalue weighted by Crippen LogP contribution is 2.28. The average Bonchev–Trinajstić information content (AvgIpc) is 2.83. The molecule has 0 radical (unpaired) electrons. The number of carbonyl (C=O) groups is 1. The second-order valence-electron chi connectivity index (χ2n) is 8.04. The number of hydrogen-bond acceptors (Lipinski definition) is 5. The van der Waals surface area contributed by atoms with Crippen LogP contribution in [0.5, 0.6) is 5.75 Å². The summed E-state index contributed by atoms with van der Waals surface area (Å²) in [5.74, 6) is 0.907. The molecule has 1 aliphatic rings. The molecule has 1 heterocycles. The Kier molecular flexibility index (Phi) is 7.15. The molecule has 7 heteroatoms. The van der Waals surface area contributed by atoms with Crippen molar-refractivity contribution in [3.63, 3.8) is 0 Å². The Hall–Kier alpha value is -2.80. The fourth-order valence-corrected chi connectivity index (χ4v) is 5.17. The minimum Gasteiger partial charge on any atom is -0.492 e. The standard InChI is InChI=1S/C25H29N3O3S/c1-3-31-22-16-10-9-15-21(22)28-24(30)19-13-7-8-14-20(19)26-25(28)32-17-23(29)27(2)18-11-5-4-6-12-18/h7-10,13-16,18H,3-6,11-12,17H2,1-2H3. The van der Waals surface area contributed by atoms with Gasteiger partial charge in [0.15, 0.2) is 5.16 Å². The van der Waals surface area contributed by atoms with Gasteiger partial charge in [-0.2, -0.15) is 0 Å². The molecular formula is C25H29N3O3S. The topological polar surface area (TPSA) is 64.4 Å². The molecule has 0 unspecified atom stereocenters. The monoisotopic (exact) mass is 451 g/mol. The van der Waals surface area contributed by atoms with E-state index in [0.29, 0.717) is 40.1 Å². The molecule has 4 rings (SSSR count). The second kappa shape index (κ2) is 10.2. The number of hydrogen-bond donors (Lipinski definition) is 0. The molecule has 32 heavy (non-hydrogen) atoms. The van der Waals surface area contributed by atoms with Crippen molar-refractivity contribution in [2.45, 2.75) is 50.2 Å². The predicted octanol–water partition coefficient (Wildman–Crippen LogP) is 4.67. The van der Waals surface area contributed by atoms with Crippen LogP contribution in [0.1, 0.15) is 39.0 Å². The van der Waals surface area contributed by atoms with Crippen LogP contribution in [0.15, 0.2) is 58.5 Å². The van der Waals surface area contributed by atoms with Crippen LogP contribution in [0.3, 0.4) is 0 Å². The third-order valence-electron chi connectivity index (χ3n) is 5.99. The molecule has 0 aliphatic heterocycles. The number of para-hydroxylation sites is 3. The molecular weight excluding hydrogens is 422 g/mol. The zero-order valence-electron chi connectivity index (χ0n) is 18.6. The molecule has 1 aliphatic carbocycles. The Morgan fingerprint density at radius 3 is 2.62 bits per heavy atom. The van der Waals surface area contributed by atoms with Crippen LogP contribution in [-0.4, -0.2) is 45.8 Å². The summed E-state index contributed by atoms with van der Waals surface area (Å²) in [6.07, 6.45) is 5.73. The number of thioether (sulfide) groups is 1. The largest absolute Gasteiger partial charge is 0.492 e. The minimum atomic E-state index is -0.168. The zero-order valence-corrected chi connectivity index (χ0v) is 19.4. The van der Waals surface area contributed by atoms with Crippen molar-refractivity contribution in [3.8, 4) is 11.4 Å². The Bertz CT molecular complexity index is 1150. The molecule has 2 aromatic carbocycles. The summed E-state index contributed by atoms with van der Waals surface area (Å²) in [7, 11) is 1.89. The van der Waals surface area contributed by atoms with Gasteiger partial charge in [0.1, 0.15) is 5.75 Å². The predicted molar refractivity (Wildman–Crippen MR) is 129 cm³/mol. The Balaban J connectivity index is 1.70. The molecule has 1 saturated carbocycles. The number of amides is 1. The number of fused-ring (bicyclic) bond motifs is 1. The van der Waals surface area contributed by atoms with Crippen molar-refractivity contribution in [3.05, 3.63) is 58.9 Å². The lowest BCUT2D eigenvalue weighted by molar-refractivity contribution is -0.129. The van der Waals surface area contributed by atoms with Crippen molar-refractivity contribution in [2.75, 3.05) is 19.4 Å². The van der Waals surface area contributed by atoms with Crippen LogP contribution in [0, 0.1) is 0 Å². The molecule has 1 aromatic heterocycles. The van der Waals surface area contributed by atoms with Gasteiger partial charge >= 0.3 is 0 Å². The smallest absolute Gasteiger partial charge is 0.266 e. The van der Waals surface area contributed by atoms with Crippen molar-refractivity contribution >= 4 is 28.6 Å². The minimum absolute atomic E-state index is 0.0638. The first-order valence-electron chi connectivity index (χ1n) is 11.2. The highest BCUT2D eigenvalue weighted by molar-refractivity contribution is 7.99. The summed E-state index contributed by atoms with van der Waals surface area (Å²) in [6.45, 7) is 2.40. The van der Waals surface area contributed by atoms with E-state index in [1.54, 1.807) is 10.6 Å². The van der Waals surface area contributed by atoms with Crippen LogP contribution in [0.25, 0.3) is 16.6 Å². The summed E-state index contributed by atoms with van der Waals surface area (Å²) in [4.78, 5) is 33.1. The first-order valence-corrected chi connectivity index (χ1v) is 12.2. The first-order chi connectivity index (χ1) is 15.6. The Labute approximate surface area is 192 Å². The van der Waals surface area contributed by atoms with Crippen molar-refractivity contribution < 1.29 is 9.53 Å². The van der Waals surface area contributed by atoms with E-state index in [9.17, 15) is 9.59 Å². The molecule has 0 spiro atoms. The maximum atomic E-state index is 13.5. The molecule has 0 saturated heterocycles. The van der Waals surface area contributed by atoms with E-state index < -0.39 is 0 Å². The summed E-state index contributed by atoms with van der Waals surface area (Å²) in [5, 5.41) is 1.03. The van der Waals surface area contributed by atoms with E-state index in [-0.39, 0.29) is 17.2 Å². The molecule has 168 valence electrons. The van der Waals surface area contributed by atoms with Crippen LogP contribution >= 0.6 is 11.8 Å². The van der Waals surface area contributed by atoms with Crippen molar-refractivity contribution in [2.24, 2.45) is 0 Å². The van der Waals surface area contributed by atoms with Gasteiger partial charge in [-0.15, -0.1) is 0 Å². The van der Waals surface area contributed by atoms with Crippen molar-refractivity contribution in [1.29, 1.82) is 0 Å². The fraction of sp³-hybridized carbons (Fsp3) is 0.400. The van der Waals surface area contributed by atoms with E-state index in [1.807, 2.05) is 61.3 Å². The third-order valence-corrected chi connectivity index (χ3v) is 6.91. The quantitative estimate of drug-likeness (QED) is 0.386. The lowest BCUT2D eigenvalue weighted by Gasteiger charge is -2.31. The average molecular weight is 452 g/mol. The maximum Gasteiger partial charge on any atom is 0.266 e. The van der Waals surface area contributed by atoms with Gasteiger partial charge in [0.2, 0.25) is 5.91 Å². The molecule has 3 aromatic rings. The molecule has 1 fully saturated rings. The van der Waals surface area contributed by atoms with E-state index in [2.05, 4.69) is 0 Å². The van der Waals surface area contributed by atoms with Gasteiger partial charge in [-0.1, -0.05) is 55.3 Å². The number of aromatic nitrogens is 2. The summed E-state index contributed by atoms with van der Waals surface area (Å²) in [6, 6.07) is 15.1. The van der Waals surface area contributed by atoms with Gasteiger partial charge in [0.25, 0.3) is 5.56 Å². The molecule has 0 bridgehead atoms. The second-order valence-corrected chi connectivity index (χ2v) is 8.98. The normalized spacial score (nSPS) is 14.4. The Morgan fingerprint density at radius 1 is 1.12 bits per heavy atom. The van der Waals surface area contributed by atoms with Gasteiger partial charge < -0.3 is 9.64 Å². The maximum absolute atomic E-state index is 13.5. The van der Waals surface area contributed by atoms with Gasteiger partial charge in [0, 0.05) is 13.1 Å². The lowest BCUT2D eigenvalue weighted by atomic mass is 9.94. The molecule has 1 amide bonds. The molecule has 0 N–H and O–H groups in total. The van der Waals surface area contributed by atoms with Gasteiger partial charge in [-0.3, -0.25) is 14.2 Å². The third kappa shape index (κ3) is 4.67. The lowest BCUT2D eigenvalue weighted by Crippen LogP contribution is -2.39. The van der Waals surface area contributed by atoms with Crippen LogP contribution in [0.4, 0.5) is 0 Å². The molecule has 6 nitrogen and oxygen atoms in total. The summed E-state index contributed by atoms with van der Waals surface area (Å²) >= 11 is 1.30. The summed E-state index contributed by atoms with van der Waals surface area (Å²) in [5.41, 5.74) is 1.09. The van der Waals surface area contributed by atoms with E-state index in [0.717, 1.165) is 12.8 Å². The van der Waals surface area contributed by atoms with E-state index in [1.165, 1.54) is 31.0 Å². The number of benzene rings is 2. The van der Waals surface area contributed by atoms with Crippen LogP contribution in [0.2, 0.25) is 0 Å². The van der Waals surface area contributed by atoms with Crippen molar-refractivity contribution in [1.82, 2.24) is 14.5 Å². The zero-order chi connectivity index (χ0) is 22.5. The van der Waals surface area contributed by atoms with Gasteiger partial charge in [-0.25, -0.2) is 4.98 Å². The number of rotatable bonds is 7. The fourth-order valence-electron chi connectivity index (χ4n) is 4.24. The highest BCUT2D eigenvalue weighted by atomic mass is 32.2. The van der Waals surface area contributed by atoms with E-state index in [4.69, 9.17) is 9.72 Å². The number of ether oxygens (including phenoxy) is 1. The van der Waals surface area contributed by atoms with Crippen LogP contribution < -0.4 is 10.3 Å². The number of nitrogens with zero attached hydrogens (tertiary/aromatic N) is 3. The van der Waals surface area contributed by atoms with Gasteiger partial charge in [-0.05, 0) is 44.0 Å².